The summed E-state index contributed by atoms with van der Waals surface area (Å²) in [6.45, 7) is 4.90. The Balaban J connectivity index is 2.85. The van der Waals surface area contributed by atoms with Crippen molar-refractivity contribution >= 4 is 5.91 Å². The van der Waals surface area contributed by atoms with Gasteiger partial charge in [-0.3, -0.25) is 4.79 Å². The van der Waals surface area contributed by atoms with Gasteiger partial charge in [-0.05, 0) is 38.6 Å². The number of aromatic hydroxyl groups is 1. The van der Waals surface area contributed by atoms with Crippen molar-refractivity contribution < 1.29 is 9.90 Å². The van der Waals surface area contributed by atoms with E-state index < -0.39 is 0 Å². The summed E-state index contributed by atoms with van der Waals surface area (Å²) in [5.74, 6) is 0.289. The van der Waals surface area contributed by atoms with Crippen molar-refractivity contribution in [2.24, 2.45) is 0 Å². The van der Waals surface area contributed by atoms with Crippen LogP contribution in [0.1, 0.15) is 25.5 Å². The molecule has 1 aromatic rings. The van der Waals surface area contributed by atoms with Crippen LogP contribution in [0.4, 0.5) is 0 Å². The minimum Gasteiger partial charge on any atom is -0.508 e. The Morgan fingerprint density at radius 1 is 1.53 bits per heavy atom. The van der Waals surface area contributed by atoms with Gasteiger partial charge in [-0.25, -0.2) is 0 Å². The molecule has 1 amide bonds. The molecule has 4 heteroatoms. The number of carbonyl (C=O) groups excluding carboxylic acids is 1. The third kappa shape index (κ3) is 3.46. The molecule has 0 fully saturated rings. The molecular formula is C13H20N2O2. The van der Waals surface area contributed by atoms with Gasteiger partial charge in [0, 0.05) is 6.54 Å². The lowest BCUT2D eigenvalue weighted by atomic mass is 10.1. The van der Waals surface area contributed by atoms with Crippen LogP contribution < -0.4 is 5.32 Å². The lowest BCUT2D eigenvalue weighted by Gasteiger charge is -2.28. The van der Waals surface area contributed by atoms with Gasteiger partial charge in [-0.15, -0.1) is 0 Å². The zero-order valence-corrected chi connectivity index (χ0v) is 10.6. The van der Waals surface area contributed by atoms with E-state index in [1.807, 2.05) is 19.9 Å². The van der Waals surface area contributed by atoms with Crippen LogP contribution >= 0.6 is 0 Å². The smallest absolute Gasteiger partial charge is 0.237 e. The zero-order chi connectivity index (χ0) is 12.8. The molecule has 0 aliphatic rings. The first-order valence-corrected chi connectivity index (χ1v) is 5.83. The summed E-state index contributed by atoms with van der Waals surface area (Å²) >= 11 is 0. The predicted molar refractivity (Wildman–Crippen MR) is 67.8 cm³/mol. The van der Waals surface area contributed by atoms with Crippen LogP contribution in [-0.4, -0.2) is 36.1 Å². The van der Waals surface area contributed by atoms with E-state index in [0.29, 0.717) is 13.1 Å². The van der Waals surface area contributed by atoms with Gasteiger partial charge >= 0.3 is 0 Å². The highest BCUT2D eigenvalue weighted by Crippen LogP contribution is 2.23. The summed E-state index contributed by atoms with van der Waals surface area (Å²) in [4.78, 5) is 13.7. The van der Waals surface area contributed by atoms with Crippen molar-refractivity contribution in [3.8, 4) is 5.75 Å². The third-order valence-corrected chi connectivity index (χ3v) is 2.81. The zero-order valence-electron chi connectivity index (χ0n) is 10.6. The number of nitrogens with one attached hydrogen (secondary N) is 1. The number of phenolic OH excluding ortho intramolecular Hbond substituents is 1. The molecular weight excluding hydrogens is 216 g/mol. The Kier molecular flexibility index (Phi) is 4.97. The van der Waals surface area contributed by atoms with Gasteiger partial charge in [0.1, 0.15) is 5.75 Å². The fraction of sp³-hybridized carbons (Fsp3) is 0.462. The first-order valence-electron chi connectivity index (χ1n) is 5.83. The van der Waals surface area contributed by atoms with Crippen molar-refractivity contribution in [2.75, 3.05) is 20.1 Å². The molecule has 0 spiro atoms. The van der Waals surface area contributed by atoms with Crippen molar-refractivity contribution in [1.29, 1.82) is 0 Å². The topological polar surface area (TPSA) is 52.6 Å². The fourth-order valence-corrected chi connectivity index (χ4v) is 1.88. The number of nitrogens with zero attached hydrogens (tertiary/aromatic N) is 1. The van der Waals surface area contributed by atoms with Crippen LogP contribution in [0.5, 0.6) is 5.75 Å². The molecule has 2 N–H and O–H groups in total. The normalized spacial score (nSPS) is 12.2. The van der Waals surface area contributed by atoms with Gasteiger partial charge in [0.05, 0.1) is 12.6 Å². The molecule has 0 saturated carbocycles. The lowest BCUT2D eigenvalue weighted by Crippen LogP contribution is -2.38. The van der Waals surface area contributed by atoms with Crippen LogP contribution in [0.25, 0.3) is 0 Å². The van der Waals surface area contributed by atoms with Gasteiger partial charge in [-0.2, -0.15) is 0 Å². The molecule has 1 rings (SSSR count). The quantitative estimate of drug-likeness (QED) is 0.815. The van der Waals surface area contributed by atoms with Gasteiger partial charge in [0.25, 0.3) is 0 Å². The maximum Gasteiger partial charge on any atom is 0.237 e. The van der Waals surface area contributed by atoms with Gasteiger partial charge in [-0.1, -0.05) is 12.1 Å². The fourth-order valence-electron chi connectivity index (χ4n) is 1.88. The summed E-state index contributed by atoms with van der Waals surface area (Å²) < 4.78 is 0. The Hall–Kier alpha value is -1.55. The van der Waals surface area contributed by atoms with Crippen LogP contribution in [0.2, 0.25) is 0 Å². The number of hydrogen-bond acceptors (Lipinski definition) is 3. The number of likely N-dealkylation sites (N-methyl/N-ethyl adjacent to an activating group) is 2. The third-order valence-electron chi connectivity index (χ3n) is 2.81. The van der Waals surface area contributed by atoms with Crippen LogP contribution in [0.15, 0.2) is 24.3 Å². The Labute approximate surface area is 102 Å². The van der Waals surface area contributed by atoms with Gasteiger partial charge in [0.2, 0.25) is 5.91 Å². The number of hydrogen-bond donors (Lipinski definition) is 2. The van der Waals surface area contributed by atoms with E-state index in [2.05, 4.69) is 5.32 Å². The molecule has 1 unspecified atom stereocenters. The molecule has 0 aliphatic carbocycles. The van der Waals surface area contributed by atoms with Crippen LogP contribution in [0.3, 0.4) is 0 Å². The molecule has 1 atom stereocenters. The molecule has 4 nitrogen and oxygen atoms in total. The van der Waals surface area contributed by atoms with Crippen molar-refractivity contribution in [3.05, 3.63) is 29.8 Å². The highest BCUT2D eigenvalue weighted by Gasteiger charge is 2.19. The molecule has 0 aliphatic heterocycles. The molecule has 0 saturated heterocycles. The van der Waals surface area contributed by atoms with Crippen molar-refractivity contribution in [2.45, 2.75) is 19.9 Å². The number of phenols is 1. The highest BCUT2D eigenvalue weighted by atomic mass is 16.3. The first-order chi connectivity index (χ1) is 8.10. The monoisotopic (exact) mass is 236 g/mol. The van der Waals surface area contributed by atoms with Gasteiger partial charge < -0.3 is 15.3 Å². The van der Waals surface area contributed by atoms with E-state index in [0.717, 1.165) is 5.56 Å². The standard InChI is InChI=1S/C13H20N2O2/c1-4-15(13(17)9-14-3)10(2)11-6-5-7-12(16)8-11/h5-8,10,14,16H,4,9H2,1-3H3. The van der Waals surface area contributed by atoms with Crippen LogP contribution in [-0.2, 0) is 4.79 Å². The minimum absolute atomic E-state index is 0.0343. The maximum atomic E-state index is 11.9. The molecule has 17 heavy (non-hydrogen) atoms. The molecule has 0 radical (unpaired) electrons. The second-order valence-electron chi connectivity index (χ2n) is 3.98. The van der Waals surface area contributed by atoms with E-state index in [-0.39, 0.29) is 17.7 Å². The summed E-state index contributed by atoms with van der Waals surface area (Å²) in [5.41, 5.74) is 0.941. The Morgan fingerprint density at radius 2 is 2.24 bits per heavy atom. The number of rotatable bonds is 5. The molecule has 0 aromatic heterocycles. The van der Waals surface area contributed by atoms with Crippen molar-refractivity contribution in [3.63, 3.8) is 0 Å². The van der Waals surface area contributed by atoms with E-state index in [9.17, 15) is 9.90 Å². The summed E-state index contributed by atoms with van der Waals surface area (Å²) in [6.07, 6.45) is 0. The lowest BCUT2D eigenvalue weighted by molar-refractivity contribution is -0.132. The molecule has 94 valence electrons. The largest absolute Gasteiger partial charge is 0.508 e. The first kappa shape index (κ1) is 13.5. The van der Waals surface area contributed by atoms with E-state index in [1.54, 1.807) is 30.1 Å². The highest BCUT2D eigenvalue weighted by molar-refractivity contribution is 5.78. The van der Waals surface area contributed by atoms with E-state index in [4.69, 9.17) is 0 Å². The van der Waals surface area contributed by atoms with Crippen LogP contribution in [0, 0.1) is 0 Å². The molecule has 0 heterocycles. The summed E-state index contributed by atoms with van der Waals surface area (Å²) in [6, 6.07) is 6.99. The Morgan fingerprint density at radius 3 is 2.76 bits per heavy atom. The minimum atomic E-state index is -0.0343. The maximum absolute atomic E-state index is 11.9. The SMILES string of the molecule is CCN(C(=O)CNC)C(C)c1cccc(O)c1. The van der Waals surface area contributed by atoms with Crippen molar-refractivity contribution in [1.82, 2.24) is 10.2 Å². The average molecular weight is 236 g/mol. The van der Waals surface area contributed by atoms with Gasteiger partial charge in [0.15, 0.2) is 0 Å². The molecule has 0 bridgehead atoms. The number of benzene rings is 1. The predicted octanol–water partition coefficient (Wildman–Crippen LogP) is 1.52. The Bertz CT molecular complexity index is 379. The summed E-state index contributed by atoms with van der Waals surface area (Å²) in [5, 5.41) is 12.3. The average Bonchev–Trinajstić information content (AvgIpc) is 2.30. The van der Waals surface area contributed by atoms with E-state index in [1.165, 1.54) is 0 Å². The second-order valence-corrected chi connectivity index (χ2v) is 3.98. The second kappa shape index (κ2) is 6.25. The van der Waals surface area contributed by atoms with E-state index >= 15 is 0 Å². The number of carbonyl (C=O) groups is 1. The number of amides is 1. The summed E-state index contributed by atoms with van der Waals surface area (Å²) in [7, 11) is 1.75. The molecule has 1 aromatic carbocycles.